The first-order chi connectivity index (χ1) is 12.0. The van der Waals surface area contributed by atoms with Gasteiger partial charge in [0.25, 0.3) is 5.97 Å². The number of rotatable bonds is 14. The van der Waals surface area contributed by atoms with E-state index in [1.165, 1.54) is 44.9 Å². The van der Waals surface area contributed by atoms with Gasteiger partial charge in [-0.15, -0.1) is 0 Å². The molecule has 26 heavy (non-hydrogen) atoms. The number of hydrogen-bond acceptors (Lipinski definition) is 4. The Balaban J connectivity index is 0. The Labute approximate surface area is 169 Å². The Bertz CT molecular complexity index is 296. The van der Waals surface area contributed by atoms with Crippen LogP contribution in [0.3, 0.4) is 0 Å². The monoisotopic (exact) mass is 408 g/mol. The summed E-state index contributed by atoms with van der Waals surface area (Å²) in [4.78, 5) is 0. The zero-order valence-corrected chi connectivity index (χ0v) is 22.6. The molecule has 0 saturated carbocycles. The molecule has 4 nitrogen and oxygen atoms in total. The smallest absolute Gasteiger partial charge is 0.275 e. The van der Waals surface area contributed by atoms with Crippen molar-refractivity contribution in [2.45, 2.75) is 105 Å². The summed E-state index contributed by atoms with van der Waals surface area (Å²) in [5.74, 6) is 0.0666. The summed E-state index contributed by atoms with van der Waals surface area (Å²) in [7, 11) is 1.86. The summed E-state index contributed by atoms with van der Waals surface area (Å²) in [5.41, 5.74) is 0. The Morgan fingerprint density at radius 2 is 0.962 bits per heavy atom. The van der Waals surface area contributed by atoms with Gasteiger partial charge in [0.15, 0.2) is 0 Å². The molecule has 0 radical (unpaired) electrons. The number of hydrogen-bond donors (Lipinski definition) is 3. The summed E-state index contributed by atoms with van der Waals surface area (Å²) in [5, 5.41) is 26.9. The molecule has 3 atom stereocenters. The fraction of sp³-hybridized carbons (Fsp3) is 1.00. The van der Waals surface area contributed by atoms with E-state index in [1.54, 1.807) is 0 Å². The summed E-state index contributed by atoms with van der Waals surface area (Å²) in [6.07, 6.45) is 11.3. The zero-order valence-electron chi connectivity index (χ0n) is 18.6. The van der Waals surface area contributed by atoms with Gasteiger partial charge in [-0.3, -0.25) is 0 Å². The molecule has 0 aliphatic carbocycles. The standard InChI is InChI=1S/C20H42O3.H6OSi2/c1-16(2)9-6-10-17(3)11-7-12-18(4)13-8-14-19(5)15-20(21,22)23;2-1-3/h16-19,21-23H,6-15H2,1-5H3;2-3H3. The van der Waals surface area contributed by atoms with Crippen molar-refractivity contribution in [3.8, 4) is 0 Å². The summed E-state index contributed by atoms with van der Waals surface area (Å²) in [6.45, 7) is 11.3. The molecule has 0 aromatic rings. The molecule has 0 aromatic heterocycles. The summed E-state index contributed by atoms with van der Waals surface area (Å²) >= 11 is 0. The van der Waals surface area contributed by atoms with Gasteiger partial charge in [-0.1, -0.05) is 92.4 Å². The normalized spacial score (nSPS) is 15.6. The molecule has 3 unspecified atom stereocenters. The third kappa shape index (κ3) is 24.3. The highest BCUT2D eigenvalue weighted by molar-refractivity contribution is 6.15. The number of aliphatic hydroxyl groups is 3. The average Bonchev–Trinajstić information content (AvgIpc) is 2.45. The van der Waals surface area contributed by atoms with E-state index in [1.807, 2.05) is 6.92 Å². The second-order valence-electron chi connectivity index (χ2n) is 8.89. The zero-order chi connectivity index (χ0) is 20.6. The highest BCUT2D eigenvalue weighted by Crippen LogP contribution is 2.23. The Kier molecular flexibility index (Phi) is 19.0. The molecule has 0 spiro atoms. The Morgan fingerprint density at radius 3 is 1.27 bits per heavy atom. The maximum atomic E-state index is 8.97. The van der Waals surface area contributed by atoms with Crippen molar-refractivity contribution < 1.29 is 19.4 Å². The predicted molar refractivity (Wildman–Crippen MR) is 119 cm³/mol. The van der Waals surface area contributed by atoms with Crippen LogP contribution in [-0.2, 0) is 4.12 Å². The van der Waals surface area contributed by atoms with Crippen molar-refractivity contribution in [1.29, 1.82) is 0 Å². The lowest BCUT2D eigenvalue weighted by molar-refractivity contribution is -0.319. The molecule has 0 aliphatic heterocycles. The molecule has 0 aliphatic rings. The third-order valence-corrected chi connectivity index (χ3v) is 4.89. The molecule has 0 rings (SSSR count). The molecule has 3 N–H and O–H groups in total. The SMILES string of the molecule is CC(C)CCCC(C)CCCC(C)CCCC(C)CC(O)(O)O.[SiH3]O[SiH3]. The van der Waals surface area contributed by atoms with Crippen LogP contribution in [0.25, 0.3) is 0 Å². The van der Waals surface area contributed by atoms with Crippen LogP contribution in [0.2, 0.25) is 0 Å². The van der Waals surface area contributed by atoms with Gasteiger partial charge in [0.1, 0.15) is 21.0 Å². The molecule has 160 valence electrons. The third-order valence-electron chi connectivity index (χ3n) is 4.89. The van der Waals surface area contributed by atoms with E-state index in [-0.39, 0.29) is 12.3 Å². The van der Waals surface area contributed by atoms with Crippen LogP contribution >= 0.6 is 0 Å². The van der Waals surface area contributed by atoms with Gasteiger partial charge in [-0.25, -0.2) is 0 Å². The van der Waals surface area contributed by atoms with Gasteiger partial charge >= 0.3 is 0 Å². The minimum Gasteiger partial charge on any atom is -0.471 e. The predicted octanol–water partition coefficient (Wildman–Crippen LogP) is 2.65. The van der Waals surface area contributed by atoms with Crippen molar-refractivity contribution in [2.75, 3.05) is 0 Å². The van der Waals surface area contributed by atoms with Gasteiger partial charge in [0, 0.05) is 6.42 Å². The average molecular weight is 409 g/mol. The second-order valence-corrected chi connectivity index (χ2v) is 12.2. The Hall–Kier alpha value is 0.274. The van der Waals surface area contributed by atoms with Crippen molar-refractivity contribution in [3.63, 3.8) is 0 Å². The second kappa shape index (κ2) is 17.4. The van der Waals surface area contributed by atoms with Crippen molar-refractivity contribution in [1.82, 2.24) is 0 Å². The largest absolute Gasteiger partial charge is 0.471 e. The van der Waals surface area contributed by atoms with Crippen molar-refractivity contribution in [2.24, 2.45) is 23.7 Å². The molecule has 0 heterocycles. The molecule has 0 saturated heterocycles. The van der Waals surface area contributed by atoms with Crippen LogP contribution in [0, 0.1) is 23.7 Å². The Morgan fingerprint density at radius 1 is 0.654 bits per heavy atom. The lowest BCUT2D eigenvalue weighted by Crippen LogP contribution is -2.29. The van der Waals surface area contributed by atoms with Crippen molar-refractivity contribution in [3.05, 3.63) is 0 Å². The van der Waals surface area contributed by atoms with Gasteiger partial charge in [0.05, 0.1) is 0 Å². The lowest BCUT2D eigenvalue weighted by Gasteiger charge is -2.20. The first kappa shape index (κ1) is 28.5. The minimum atomic E-state index is -2.50. The maximum absolute atomic E-state index is 8.97. The first-order valence-corrected chi connectivity index (χ1v) is 12.2. The summed E-state index contributed by atoms with van der Waals surface area (Å²) in [6, 6.07) is 0. The highest BCUT2D eigenvalue weighted by Gasteiger charge is 2.21. The van der Waals surface area contributed by atoms with E-state index >= 15 is 0 Å². The van der Waals surface area contributed by atoms with E-state index in [4.69, 9.17) is 15.3 Å². The molecule has 0 fully saturated rings. The summed E-state index contributed by atoms with van der Waals surface area (Å²) < 4.78 is 4.53. The van der Waals surface area contributed by atoms with Gasteiger partial charge in [-0.05, 0) is 23.7 Å². The van der Waals surface area contributed by atoms with E-state index in [9.17, 15) is 0 Å². The van der Waals surface area contributed by atoms with E-state index in [0.717, 1.165) is 51.6 Å². The molecule has 0 amide bonds. The minimum absolute atomic E-state index is 0.0370. The van der Waals surface area contributed by atoms with Crippen LogP contribution in [-0.4, -0.2) is 42.3 Å². The van der Waals surface area contributed by atoms with Crippen LogP contribution in [0.1, 0.15) is 98.8 Å². The van der Waals surface area contributed by atoms with Crippen LogP contribution in [0.15, 0.2) is 0 Å². The van der Waals surface area contributed by atoms with Gasteiger partial charge in [-0.2, -0.15) is 0 Å². The molecule has 0 bridgehead atoms. The molecular weight excluding hydrogens is 360 g/mol. The van der Waals surface area contributed by atoms with E-state index in [0.29, 0.717) is 0 Å². The molecular formula is C20H48O4Si2. The highest BCUT2D eigenvalue weighted by atomic mass is 28.3. The first-order valence-electron chi connectivity index (χ1n) is 10.6. The van der Waals surface area contributed by atoms with E-state index in [2.05, 4.69) is 31.8 Å². The maximum Gasteiger partial charge on any atom is 0.275 e. The fourth-order valence-electron chi connectivity index (χ4n) is 3.36. The molecule has 6 heteroatoms. The van der Waals surface area contributed by atoms with Crippen LogP contribution < -0.4 is 0 Å². The quantitative estimate of drug-likeness (QED) is 0.305. The van der Waals surface area contributed by atoms with Crippen LogP contribution in [0.4, 0.5) is 0 Å². The molecule has 0 aromatic carbocycles. The van der Waals surface area contributed by atoms with Gasteiger partial charge < -0.3 is 19.4 Å². The van der Waals surface area contributed by atoms with Gasteiger partial charge in [0.2, 0.25) is 0 Å². The van der Waals surface area contributed by atoms with Crippen LogP contribution in [0.5, 0.6) is 0 Å². The lowest BCUT2D eigenvalue weighted by atomic mass is 9.90. The van der Waals surface area contributed by atoms with Crippen molar-refractivity contribution >= 4 is 21.0 Å². The van der Waals surface area contributed by atoms with E-state index < -0.39 is 5.97 Å². The topological polar surface area (TPSA) is 69.9 Å². The fourth-order valence-corrected chi connectivity index (χ4v) is 3.36.